The third-order valence-electron chi connectivity index (χ3n) is 4.29. The second kappa shape index (κ2) is 4.00. The van der Waals surface area contributed by atoms with Crippen LogP contribution in [0.1, 0.15) is 58.3 Å². The van der Waals surface area contributed by atoms with Crippen LogP contribution in [0.2, 0.25) is 0 Å². The Hall–Kier alpha value is -0.0400. The topological polar surface area (TPSA) is 12.0 Å². The van der Waals surface area contributed by atoms with Gasteiger partial charge in [-0.25, -0.2) is 0 Å². The summed E-state index contributed by atoms with van der Waals surface area (Å²) in [5, 5.41) is 3.78. The van der Waals surface area contributed by atoms with Crippen molar-refractivity contribution in [3.8, 4) is 0 Å². The normalized spacial score (nSPS) is 27.5. The van der Waals surface area contributed by atoms with Crippen LogP contribution in [0.4, 0.5) is 0 Å². The standard InChI is InChI=1S/C12H23N/c1-2-12(8-5-9-12)10-13-11-6-3-4-7-11/h11,13H,2-10H2,1H3. The molecule has 0 unspecified atom stereocenters. The summed E-state index contributed by atoms with van der Waals surface area (Å²) < 4.78 is 0. The maximum atomic E-state index is 3.78. The number of rotatable bonds is 4. The van der Waals surface area contributed by atoms with E-state index in [4.69, 9.17) is 0 Å². The zero-order chi connectivity index (χ0) is 9.15. The van der Waals surface area contributed by atoms with Gasteiger partial charge in [-0.05, 0) is 37.5 Å². The van der Waals surface area contributed by atoms with Crippen LogP contribution >= 0.6 is 0 Å². The van der Waals surface area contributed by atoms with E-state index in [9.17, 15) is 0 Å². The van der Waals surface area contributed by atoms with Crippen molar-refractivity contribution in [1.29, 1.82) is 0 Å². The van der Waals surface area contributed by atoms with Gasteiger partial charge in [0.25, 0.3) is 0 Å². The Labute approximate surface area is 82.3 Å². The lowest BCUT2D eigenvalue weighted by Crippen LogP contribution is -2.42. The van der Waals surface area contributed by atoms with Crippen LogP contribution in [-0.2, 0) is 0 Å². The van der Waals surface area contributed by atoms with Crippen LogP contribution in [0.3, 0.4) is 0 Å². The van der Waals surface area contributed by atoms with Crippen molar-refractivity contribution in [2.75, 3.05) is 6.54 Å². The maximum Gasteiger partial charge on any atom is 0.00672 e. The molecular formula is C12H23N. The molecule has 2 fully saturated rings. The van der Waals surface area contributed by atoms with Crippen molar-refractivity contribution < 1.29 is 0 Å². The highest BCUT2D eigenvalue weighted by atomic mass is 14.9. The molecule has 1 N–H and O–H groups in total. The van der Waals surface area contributed by atoms with Gasteiger partial charge in [0, 0.05) is 12.6 Å². The van der Waals surface area contributed by atoms with Gasteiger partial charge >= 0.3 is 0 Å². The second-order valence-electron chi connectivity index (χ2n) is 5.07. The summed E-state index contributed by atoms with van der Waals surface area (Å²) in [5.41, 5.74) is 0.711. The van der Waals surface area contributed by atoms with E-state index in [1.54, 1.807) is 0 Å². The third-order valence-corrected chi connectivity index (χ3v) is 4.29. The van der Waals surface area contributed by atoms with Crippen LogP contribution < -0.4 is 5.32 Å². The van der Waals surface area contributed by atoms with E-state index >= 15 is 0 Å². The highest BCUT2D eigenvalue weighted by molar-refractivity contribution is 4.89. The Morgan fingerprint density at radius 3 is 2.31 bits per heavy atom. The molecule has 0 atom stereocenters. The minimum atomic E-state index is 0.711. The van der Waals surface area contributed by atoms with Crippen molar-refractivity contribution in [3.63, 3.8) is 0 Å². The summed E-state index contributed by atoms with van der Waals surface area (Å²) in [6.07, 6.45) is 11.6. The average molecular weight is 181 g/mol. The molecule has 0 aromatic rings. The first-order chi connectivity index (χ1) is 6.35. The predicted molar refractivity (Wildman–Crippen MR) is 56.8 cm³/mol. The predicted octanol–water partition coefficient (Wildman–Crippen LogP) is 3.10. The Morgan fingerprint density at radius 1 is 1.15 bits per heavy atom. The van der Waals surface area contributed by atoms with E-state index in [2.05, 4.69) is 12.2 Å². The summed E-state index contributed by atoms with van der Waals surface area (Å²) in [6.45, 7) is 3.66. The monoisotopic (exact) mass is 181 g/mol. The molecule has 0 bridgehead atoms. The van der Waals surface area contributed by atoms with E-state index in [0.717, 1.165) is 6.04 Å². The van der Waals surface area contributed by atoms with Gasteiger partial charge in [-0.1, -0.05) is 26.2 Å². The lowest BCUT2D eigenvalue weighted by Gasteiger charge is -2.42. The van der Waals surface area contributed by atoms with E-state index in [1.165, 1.54) is 57.9 Å². The average Bonchev–Trinajstić information content (AvgIpc) is 2.56. The summed E-state index contributed by atoms with van der Waals surface area (Å²) in [4.78, 5) is 0. The number of hydrogen-bond donors (Lipinski definition) is 1. The van der Waals surface area contributed by atoms with Crippen molar-refractivity contribution >= 4 is 0 Å². The minimum Gasteiger partial charge on any atom is -0.313 e. The fourth-order valence-electron chi connectivity index (χ4n) is 2.82. The Morgan fingerprint density at radius 2 is 1.85 bits per heavy atom. The van der Waals surface area contributed by atoms with Crippen LogP contribution in [-0.4, -0.2) is 12.6 Å². The van der Waals surface area contributed by atoms with Gasteiger partial charge in [0.15, 0.2) is 0 Å². The fourth-order valence-corrected chi connectivity index (χ4v) is 2.82. The molecule has 0 aromatic carbocycles. The van der Waals surface area contributed by atoms with Crippen LogP contribution in [0, 0.1) is 5.41 Å². The van der Waals surface area contributed by atoms with E-state index < -0.39 is 0 Å². The zero-order valence-electron chi connectivity index (χ0n) is 8.94. The van der Waals surface area contributed by atoms with E-state index in [0.29, 0.717) is 5.41 Å². The second-order valence-corrected chi connectivity index (χ2v) is 5.07. The largest absolute Gasteiger partial charge is 0.313 e. The van der Waals surface area contributed by atoms with Gasteiger partial charge in [0.1, 0.15) is 0 Å². The Kier molecular flexibility index (Phi) is 2.92. The van der Waals surface area contributed by atoms with Crippen molar-refractivity contribution in [3.05, 3.63) is 0 Å². The number of nitrogens with one attached hydrogen (secondary N) is 1. The molecule has 0 spiro atoms. The molecule has 2 rings (SSSR count). The van der Waals surface area contributed by atoms with Crippen molar-refractivity contribution in [2.24, 2.45) is 5.41 Å². The summed E-state index contributed by atoms with van der Waals surface area (Å²) in [6, 6.07) is 0.865. The van der Waals surface area contributed by atoms with Crippen LogP contribution in [0.25, 0.3) is 0 Å². The molecular weight excluding hydrogens is 158 g/mol. The van der Waals surface area contributed by atoms with Crippen molar-refractivity contribution in [1.82, 2.24) is 5.32 Å². The van der Waals surface area contributed by atoms with Gasteiger partial charge in [-0.3, -0.25) is 0 Å². The van der Waals surface area contributed by atoms with Crippen molar-refractivity contribution in [2.45, 2.75) is 64.3 Å². The van der Waals surface area contributed by atoms with Gasteiger partial charge in [-0.15, -0.1) is 0 Å². The van der Waals surface area contributed by atoms with Gasteiger partial charge in [0.05, 0.1) is 0 Å². The maximum absolute atomic E-state index is 3.78. The van der Waals surface area contributed by atoms with E-state index in [1.807, 2.05) is 0 Å². The first-order valence-corrected chi connectivity index (χ1v) is 6.08. The van der Waals surface area contributed by atoms with Gasteiger partial charge in [0.2, 0.25) is 0 Å². The molecule has 0 amide bonds. The summed E-state index contributed by atoms with van der Waals surface area (Å²) in [7, 11) is 0. The molecule has 0 saturated heterocycles. The smallest absolute Gasteiger partial charge is 0.00672 e. The van der Waals surface area contributed by atoms with Crippen LogP contribution in [0.15, 0.2) is 0 Å². The molecule has 0 aliphatic heterocycles. The Bertz CT molecular complexity index is 149. The molecule has 0 radical (unpaired) electrons. The lowest BCUT2D eigenvalue weighted by molar-refractivity contribution is 0.119. The number of hydrogen-bond acceptors (Lipinski definition) is 1. The molecule has 1 nitrogen and oxygen atoms in total. The quantitative estimate of drug-likeness (QED) is 0.702. The highest BCUT2D eigenvalue weighted by Gasteiger charge is 2.35. The molecule has 2 aliphatic rings. The molecule has 0 aromatic heterocycles. The third kappa shape index (κ3) is 2.07. The summed E-state index contributed by atoms with van der Waals surface area (Å²) >= 11 is 0. The lowest BCUT2D eigenvalue weighted by atomic mass is 9.67. The molecule has 2 saturated carbocycles. The fraction of sp³-hybridized carbons (Fsp3) is 1.00. The molecule has 2 aliphatic carbocycles. The molecule has 13 heavy (non-hydrogen) atoms. The Balaban J connectivity index is 1.71. The molecule has 76 valence electrons. The zero-order valence-corrected chi connectivity index (χ0v) is 8.94. The first kappa shape index (κ1) is 9.51. The highest BCUT2D eigenvalue weighted by Crippen LogP contribution is 2.43. The molecule has 1 heteroatoms. The minimum absolute atomic E-state index is 0.711. The van der Waals surface area contributed by atoms with Gasteiger partial charge in [-0.2, -0.15) is 0 Å². The summed E-state index contributed by atoms with van der Waals surface area (Å²) in [5.74, 6) is 0. The van der Waals surface area contributed by atoms with Crippen LogP contribution in [0.5, 0.6) is 0 Å². The van der Waals surface area contributed by atoms with Gasteiger partial charge < -0.3 is 5.32 Å². The SMILES string of the molecule is CCC1(CNC2CCCC2)CCC1. The van der Waals surface area contributed by atoms with E-state index in [-0.39, 0.29) is 0 Å². The first-order valence-electron chi connectivity index (χ1n) is 6.08. The molecule has 0 heterocycles.